The second kappa shape index (κ2) is 7.93. The minimum absolute atomic E-state index is 0.142. The number of carbonyl (C=O) groups excluding carboxylic acids is 1. The second-order valence-electron chi connectivity index (χ2n) is 5.49. The number of hydrogen-bond donors (Lipinski definition) is 2. The van der Waals surface area contributed by atoms with Crippen molar-refractivity contribution in [3.63, 3.8) is 0 Å². The molecule has 0 radical (unpaired) electrons. The first-order valence-corrected chi connectivity index (χ1v) is 7.54. The predicted octanol–water partition coefficient (Wildman–Crippen LogP) is 4.41. The first-order chi connectivity index (χ1) is 11.5. The van der Waals surface area contributed by atoms with Crippen LogP contribution in [0.15, 0.2) is 60.3 Å². The van der Waals surface area contributed by atoms with Crippen LogP contribution in [0.4, 0.5) is 15.8 Å². The Kier molecular flexibility index (Phi) is 5.69. The smallest absolute Gasteiger partial charge is 0.267 e. The van der Waals surface area contributed by atoms with Crippen molar-refractivity contribution >= 4 is 17.3 Å². The maximum Gasteiger partial charge on any atom is 0.267 e. The van der Waals surface area contributed by atoms with Crippen LogP contribution in [0.25, 0.3) is 0 Å². The fourth-order valence-corrected chi connectivity index (χ4v) is 2.18. The van der Waals surface area contributed by atoms with Crippen molar-refractivity contribution in [3.8, 4) is 6.07 Å². The van der Waals surface area contributed by atoms with Gasteiger partial charge in [-0.15, -0.1) is 0 Å². The second-order valence-corrected chi connectivity index (χ2v) is 5.49. The molecule has 0 spiro atoms. The van der Waals surface area contributed by atoms with Gasteiger partial charge in [-0.1, -0.05) is 44.2 Å². The molecule has 0 aliphatic rings. The van der Waals surface area contributed by atoms with E-state index in [1.165, 1.54) is 18.3 Å². The van der Waals surface area contributed by atoms with E-state index in [-0.39, 0.29) is 17.2 Å². The van der Waals surface area contributed by atoms with Crippen molar-refractivity contribution in [1.82, 2.24) is 0 Å². The molecule has 0 heterocycles. The fourth-order valence-electron chi connectivity index (χ4n) is 2.18. The van der Waals surface area contributed by atoms with E-state index < -0.39 is 11.7 Å². The Morgan fingerprint density at radius 2 is 1.75 bits per heavy atom. The number of benzene rings is 2. The third-order valence-electron chi connectivity index (χ3n) is 3.44. The lowest BCUT2D eigenvalue weighted by molar-refractivity contribution is -0.112. The van der Waals surface area contributed by atoms with Crippen LogP contribution in [-0.2, 0) is 4.79 Å². The summed E-state index contributed by atoms with van der Waals surface area (Å²) in [6.45, 7) is 4.04. The Morgan fingerprint density at radius 1 is 1.12 bits per heavy atom. The Hall–Kier alpha value is -3.13. The number of nitrogens with one attached hydrogen (secondary N) is 2. The van der Waals surface area contributed by atoms with E-state index in [9.17, 15) is 14.4 Å². The number of nitrogens with zero attached hydrogens (tertiary/aromatic N) is 1. The number of carbonyl (C=O) groups is 1. The van der Waals surface area contributed by atoms with Gasteiger partial charge in [-0.2, -0.15) is 5.26 Å². The molecule has 122 valence electrons. The zero-order valence-electron chi connectivity index (χ0n) is 13.5. The third kappa shape index (κ3) is 4.20. The van der Waals surface area contributed by atoms with Crippen LogP contribution in [0.5, 0.6) is 0 Å². The number of rotatable bonds is 5. The Balaban J connectivity index is 2.17. The first-order valence-electron chi connectivity index (χ1n) is 7.54. The SMILES string of the molecule is CC(C)c1ccccc1NC(=O)/C(C#N)=C\Nc1ccccc1F. The molecule has 2 aromatic carbocycles. The monoisotopic (exact) mass is 323 g/mol. The Morgan fingerprint density at radius 3 is 2.38 bits per heavy atom. The maximum absolute atomic E-state index is 13.6. The molecule has 24 heavy (non-hydrogen) atoms. The number of nitriles is 1. The molecule has 5 heteroatoms. The van der Waals surface area contributed by atoms with Gasteiger partial charge in [0.1, 0.15) is 17.5 Å². The summed E-state index contributed by atoms with van der Waals surface area (Å²) in [7, 11) is 0. The quantitative estimate of drug-likeness (QED) is 0.633. The minimum Gasteiger partial charge on any atom is -0.358 e. The molecule has 2 rings (SSSR count). The van der Waals surface area contributed by atoms with Crippen molar-refractivity contribution in [1.29, 1.82) is 5.26 Å². The zero-order chi connectivity index (χ0) is 17.5. The highest BCUT2D eigenvalue weighted by Crippen LogP contribution is 2.24. The third-order valence-corrected chi connectivity index (χ3v) is 3.44. The molecule has 0 aromatic heterocycles. The first kappa shape index (κ1) is 17.2. The highest BCUT2D eigenvalue weighted by molar-refractivity contribution is 6.07. The molecule has 4 nitrogen and oxygen atoms in total. The largest absolute Gasteiger partial charge is 0.358 e. The molecule has 1 amide bonds. The minimum atomic E-state index is -0.547. The van der Waals surface area contributed by atoms with Crippen LogP contribution in [0.2, 0.25) is 0 Å². The van der Waals surface area contributed by atoms with E-state index in [0.29, 0.717) is 5.69 Å². The van der Waals surface area contributed by atoms with Crippen LogP contribution in [0.3, 0.4) is 0 Å². The van der Waals surface area contributed by atoms with Crippen LogP contribution in [-0.4, -0.2) is 5.91 Å². The van der Waals surface area contributed by atoms with Crippen LogP contribution in [0.1, 0.15) is 25.3 Å². The topological polar surface area (TPSA) is 64.9 Å². The summed E-state index contributed by atoms with van der Waals surface area (Å²) in [6, 6.07) is 15.3. The van der Waals surface area contributed by atoms with E-state index >= 15 is 0 Å². The van der Waals surface area contributed by atoms with Gasteiger partial charge in [-0.25, -0.2) is 4.39 Å². The van der Waals surface area contributed by atoms with Gasteiger partial charge in [0, 0.05) is 11.9 Å². The molecule has 2 N–H and O–H groups in total. The number of anilines is 2. The van der Waals surface area contributed by atoms with E-state index in [1.807, 2.05) is 38.1 Å². The van der Waals surface area contributed by atoms with Crippen molar-refractivity contribution in [2.24, 2.45) is 0 Å². The molecule has 2 aromatic rings. The standard InChI is InChI=1S/C19H18FN3O/c1-13(2)15-7-3-5-9-17(15)23-19(24)14(11-21)12-22-18-10-6-4-8-16(18)20/h3-10,12-13,22H,1-2H3,(H,23,24)/b14-12-. The predicted molar refractivity (Wildman–Crippen MR) is 92.9 cm³/mol. The van der Waals surface area contributed by atoms with E-state index in [1.54, 1.807) is 18.2 Å². The van der Waals surface area contributed by atoms with Gasteiger partial charge in [0.05, 0.1) is 5.69 Å². The van der Waals surface area contributed by atoms with Gasteiger partial charge in [0.2, 0.25) is 0 Å². The van der Waals surface area contributed by atoms with Crippen LogP contribution in [0, 0.1) is 17.1 Å². The highest BCUT2D eigenvalue weighted by atomic mass is 19.1. The van der Waals surface area contributed by atoms with Crippen molar-refractivity contribution < 1.29 is 9.18 Å². The van der Waals surface area contributed by atoms with E-state index in [2.05, 4.69) is 10.6 Å². The fraction of sp³-hybridized carbons (Fsp3) is 0.158. The van der Waals surface area contributed by atoms with E-state index in [0.717, 1.165) is 5.56 Å². The molecule has 0 saturated heterocycles. The lowest BCUT2D eigenvalue weighted by Gasteiger charge is -2.13. The van der Waals surface area contributed by atoms with Gasteiger partial charge >= 0.3 is 0 Å². The molecule has 0 aliphatic heterocycles. The van der Waals surface area contributed by atoms with Gasteiger partial charge in [-0.05, 0) is 29.7 Å². The number of amides is 1. The zero-order valence-corrected chi connectivity index (χ0v) is 13.5. The summed E-state index contributed by atoms with van der Waals surface area (Å²) in [5.74, 6) is -0.779. The average molecular weight is 323 g/mol. The average Bonchev–Trinajstić information content (AvgIpc) is 2.57. The van der Waals surface area contributed by atoms with Gasteiger partial charge < -0.3 is 10.6 Å². The molecule has 0 atom stereocenters. The van der Waals surface area contributed by atoms with Crippen molar-refractivity contribution in [2.45, 2.75) is 19.8 Å². The normalized spacial score (nSPS) is 11.0. The summed E-state index contributed by atoms with van der Waals surface area (Å²) < 4.78 is 13.6. The van der Waals surface area contributed by atoms with Crippen LogP contribution >= 0.6 is 0 Å². The van der Waals surface area contributed by atoms with Crippen molar-refractivity contribution in [2.75, 3.05) is 10.6 Å². The molecular weight excluding hydrogens is 305 g/mol. The van der Waals surface area contributed by atoms with Gasteiger partial charge in [-0.3, -0.25) is 4.79 Å². The van der Waals surface area contributed by atoms with Crippen molar-refractivity contribution in [3.05, 3.63) is 71.7 Å². The summed E-state index contributed by atoms with van der Waals surface area (Å²) >= 11 is 0. The summed E-state index contributed by atoms with van der Waals surface area (Å²) in [5.41, 5.74) is 1.69. The molecule has 0 saturated carbocycles. The number of para-hydroxylation sites is 2. The number of hydrogen-bond acceptors (Lipinski definition) is 3. The van der Waals surface area contributed by atoms with Gasteiger partial charge in [0.25, 0.3) is 5.91 Å². The maximum atomic E-state index is 13.6. The number of halogens is 1. The lowest BCUT2D eigenvalue weighted by atomic mass is 10.0. The summed E-state index contributed by atoms with van der Waals surface area (Å²) in [4.78, 5) is 12.3. The molecule has 0 aliphatic carbocycles. The summed E-state index contributed by atoms with van der Waals surface area (Å²) in [6.07, 6.45) is 1.20. The molecular formula is C19H18FN3O. The highest BCUT2D eigenvalue weighted by Gasteiger charge is 2.13. The molecule has 0 unspecified atom stereocenters. The van der Waals surface area contributed by atoms with E-state index in [4.69, 9.17) is 0 Å². The van der Waals surface area contributed by atoms with Gasteiger partial charge in [0.15, 0.2) is 0 Å². The Labute approximate surface area is 140 Å². The molecule has 0 fully saturated rings. The Bertz CT molecular complexity index is 806. The van der Waals surface area contributed by atoms with Crippen LogP contribution < -0.4 is 10.6 Å². The molecule has 0 bridgehead atoms. The lowest BCUT2D eigenvalue weighted by Crippen LogP contribution is -2.16. The summed E-state index contributed by atoms with van der Waals surface area (Å²) in [5, 5.41) is 14.6.